The Balaban J connectivity index is 1.32. The Bertz CT molecular complexity index is 1140. The van der Waals surface area contributed by atoms with Gasteiger partial charge in [0.25, 0.3) is 0 Å². The summed E-state index contributed by atoms with van der Waals surface area (Å²) in [6.45, 7) is 0.433. The second-order valence-electron chi connectivity index (χ2n) is 8.13. The van der Waals surface area contributed by atoms with Crippen molar-refractivity contribution >= 4 is 16.9 Å². The number of quaternary nitrogens is 1. The van der Waals surface area contributed by atoms with Gasteiger partial charge in [-0.2, -0.15) is 8.93 Å². The molecule has 0 fully saturated rings. The molecule has 0 saturated carbocycles. The highest BCUT2D eigenvalue weighted by molar-refractivity contribution is 7.78. The summed E-state index contributed by atoms with van der Waals surface area (Å²) in [6, 6.07) is 16.9. The highest BCUT2D eigenvalue weighted by atomic mass is 32.2. The van der Waals surface area contributed by atoms with E-state index < -0.39 is 29.6 Å². The Labute approximate surface area is 200 Å². The number of pyridine rings is 1. The van der Waals surface area contributed by atoms with Gasteiger partial charge in [-0.15, -0.1) is 0 Å². The van der Waals surface area contributed by atoms with E-state index in [-0.39, 0.29) is 6.10 Å². The molecule has 0 radical (unpaired) electrons. The van der Waals surface area contributed by atoms with Crippen LogP contribution in [0.1, 0.15) is 23.7 Å². The lowest BCUT2D eigenvalue weighted by Crippen LogP contribution is -2.89. The average molecular weight is 483 g/mol. The van der Waals surface area contributed by atoms with Crippen LogP contribution in [0.3, 0.4) is 0 Å². The van der Waals surface area contributed by atoms with Crippen LogP contribution in [0.4, 0.5) is 0 Å². The number of aryl methyl sites for hydroxylation is 1. The predicted octanol–water partition coefficient (Wildman–Crippen LogP) is 0.870. The summed E-state index contributed by atoms with van der Waals surface area (Å²) >= 11 is 0. The number of nitrogens with two attached hydrogens (primary N) is 1. The molecule has 0 saturated heterocycles. The van der Waals surface area contributed by atoms with E-state index in [1.54, 1.807) is 24.5 Å². The van der Waals surface area contributed by atoms with Crippen LogP contribution >= 0.6 is 0 Å². The monoisotopic (exact) mass is 482 g/mol. The molecule has 3 aromatic rings. The fourth-order valence-electron chi connectivity index (χ4n) is 3.85. The Hall–Kier alpha value is -2.95. The summed E-state index contributed by atoms with van der Waals surface area (Å²) in [5.74, 6) is 0.305. The summed E-state index contributed by atoms with van der Waals surface area (Å²) in [6.07, 6.45) is 4.54. The van der Waals surface area contributed by atoms with Gasteiger partial charge in [-0.3, -0.25) is 4.98 Å². The van der Waals surface area contributed by atoms with E-state index >= 15 is 0 Å². The Morgan fingerprint density at radius 2 is 2.00 bits per heavy atom. The summed E-state index contributed by atoms with van der Waals surface area (Å²) < 4.78 is 19.3. The fraction of sp³-hybridized carbons (Fsp3) is 0.280. The number of rotatable bonds is 9. The van der Waals surface area contributed by atoms with Crippen LogP contribution in [0.25, 0.3) is 11.1 Å². The molecule has 1 aliphatic heterocycles. The molecule has 2 heterocycles. The van der Waals surface area contributed by atoms with E-state index in [0.29, 0.717) is 18.0 Å². The Morgan fingerprint density at radius 1 is 1.21 bits per heavy atom. The molecule has 8 nitrogen and oxygen atoms in total. The number of aromatic nitrogens is 1. The molecule has 34 heavy (non-hydrogen) atoms. The van der Waals surface area contributed by atoms with Crippen molar-refractivity contribution in [3.05, 3.63) is 78.1 Å². The number of hydrogen-bond acceptors (Lipinski definition) is 7. The molecule has 1 unspecified atom stereocenters. The number of amides is 1. The number of hydrogen-bond donors (Lipinski definition) is 4. The number of carbonyl (C=O) groups excluding carboxylic acids is 1. The molecule has 3 atom stereocenters. The minimum absolute atomic E-state index is 0.0339. The topological polar surface area (TPSA) is 125 Å². The number of aliphatic hydroxyl groups is 2. The second kappa shape index (κ2) is 11.5. The normalized spacial score (nSPS) is 16.8. The zero-order chi connectivity index (χ0) is 23.9. The molecule has 178 valence electrons. The van der Waals surface area contributed by atoms with Crippen LogP contribution in [0, 0.1) is 0 Å². The molecule has 1 amide bonds. The summed E-state index contributed by atoms with van der Waals surface area (Å²) in [5, 5.41) is 22.3. The van der Waals surface area contributed by atoms with Crippen LogP contribution < -0.4 is 14.8 Å². The lowest BCUT2D eigenvalue weighted by Gasteiger charge is -2.27. The van der Waals surface area contributed by atoms with Crippen LogP contribution in [0.2, 0.25) is 0 Å². The molecular formula is C25H28N3O5S+. The van der Waals surface area contributed by atoms with E-state index in [9.17, 15) is 14.1 Å². The first-order valence-electron chi connectivity index (χ1n) is 11.1. The van der Waals surface area contributed by atoms with Gasteiger partial charge in [0.2, 0.25) is 11.0 Å². The van der Waals surface area contributed by atoms with Crippen LogP contribution in [0.5, 0.6) is 5.75 Å². The third kappa shape index (κ3) is 6.13. The molecule has 0 spiro atoms. The van der Waals surface area contributed by atoms with Gasteiger partial charge in [-0.1, -0.05) is 24.3 Å². The Kier molecular flexibility index (Phi) is 8.15. The highest BCUT2D eigenvalue weighted by Gasteiger charge is 2.21. The largest absolute Gasteiger partial charge is 0.489 e. The van der Waals surface area contributed by atoms with Gasteiger partial charge in [-0.05, 0) is 59.9 Å². The van der Waals surface area contributed by atoms with Gasteiger partial charge < -0.3 is 20.3 Å². The number of carbonyl (C=O) groups is 1. The maximum Gasteiger partial charge on any atom is 0.349 e. The molecule has 1 aliphatic rings. The average Bonchev–Trinajstić information content (AvgIpc) is 2.88. The van der Waals surface area contributed by atoms with Gasteiger partial charge >= 0.3 is 5.91 Å². The van der Waals surface area contributed by atoms with Crippen molar-refractivity contribution in [2.45, 2.75) is 29.9 Å². The van der Waals surface area contributed by atoms with Crippen LogP contribution in [0.15, 0.2) is 71.9 Å². The maximum absolute atomic E-state index is 12.2. The van der Waals surface area contributed by atoms with Gasteiger partial charge in [0.15, 0.2) is 6.61 Å². The third-order valence-corrected chi connectivity index (χ3v) is 6.90. The molecule has 5 N–H and O–H groups in total. The van der Waals surface area contributed by atoms with Crippen molar-refractivity contribution in [1.29, 1.82) is 0 Å². The van der Waals surface area contributed by atoms with E-state index in [1.165, 1.54) is 0 Å². The summed E-state index contributed by atoms with van der Waals surface area (Å²) in [5.41, 5.74) is 3.93. The smallest absolute Gasteiger partial charge is 0.349 e. The molecule has 0 bridgehead atoms. The first-order valence-corrected chi connectivity index (χ1v) is 12.3. The van der Waals surface area contributed by atoms with Crippen LogP contribution in [-0.2, 0) is 22.2 Å². The molecule has 2 aromatic carbocycles. The fourth-order valence-corrected chi connectivity index (χ4v) is 4.70. The minimum Gasteiger partial charge on any atom is -0.489 e. The number of aliphatic hydroxyl groups excluding tert-OH is 2. The number of fused-ring (bicyclic) bond motifs is 1. The van der Waals surface area contributed by atoms with E-state index in [0.717, 1.165) is 45.6 Å². The standard InChI is InChI=1S/C25H27N3O5S/c29-16-25(31)28-34(32)22-8-4-17(5-9-22)18-6-10-24-19(12-18)3-7-21(33-24)14-27-15-23(30)20-2-1-11-26-13-20/h1-2,4-6,8-13,21,23,27,29-30H,3,7,14-16H2,(H,28,31)/p+1/t21-,23+,34?/m1/s1. The SMILES string of the molecule is O=C(CO)[NH2+]S(=O)c1ccc(-c2ccc3c(c2)CC[C@H](CNC[C@H](O)c2cccnc2)O3)cc1. The van der Waals surface area contributed by atoms with Gasteiger partial charge in [0, 0.05) is 31.0 Å². The quantitative estimate of drug-likeness (QED) is 0.357. The second-order valence-corrected chi connectivity index (χ2v) is 9.43. The zero-order valence-electron chi connectivity index (χ0n) is 18.6. The number of benzene rings is 2. The van der Waals surface area contributed by atoms with E-state index in [2.05, 4.69) is 16.4 Å². The lowest BCUT2D eigenvalue weighted by molar-refractivity contribution is -0.408. The van der Waals surface area contributed by atoms with Crippen molar-refractivity contribution in [1.82, 2.24) is 10.3 Å². The van der Waals surface area contributed by atoms with Crippen molar-refractivity contribution < 1.29 is 28.7 Å². The van der Waals surface area contributed by atoms with Crippen molar-refractivity contribution in [3.63, 3.8) is 0 Å². The maximum atomic E-state index is 12.2. The van der Waals surface area contributed by atoms with Crippen molar-refractivity contribution in [3.8, 4) is 16.9 Å². The third-order valence-electron chi connectivity index (χ3n) is 5.68. The summed E-state index contributed by atoms with van der Waals surface area (Å²) in [4.78, 5) is 15.8. The number of ether oxygens (including phenoxy) is 1. The first kappa shape index (κ1) is 24.2. The van der Waals surface area contributed by atoms with Crippen LogP contribution in [-0.4, -0.2) is 51.1 Å². The zero-order valence-corrected chi connectivity index (χ0v) is 19.4. The number of nitrogens with zero attached hydrogens (tertiary/aromatic N) is 1. The highest BCUT2D eigenvalue weighted by Crippen LogP contribution is 2.32. The van der Waals surface area contributed by atoms with Gasteiger partial charge in [0.05, 0.1) is 11.0 Å². The number of primary amides is 1. The Morgan fingerprint density at radius 3 is 2.74 bits per heavy atom. The predicted molar refractivity (Wildman–Crippen MR) is 127 cm³/mol. The summed E-state index contributed by atoms with van der Waals surface area (Å²) in [7, 11) is -1.58. The molecule has 4 rings (SSSR count). The molecule has 9 heteroatoms. The first-order chi connectivity index (χ1) is 16.5. The molecular weight excluding hydrogens is 454 g/mol. The number of nitrogens with one attached hydrogen (secondary N) is 1. The lowest BCUT2D eigenvalue weighted by atomic mass is 9.97. The van der Waals surface area contributed by atoms with E-state index in [4.69, 9.17) is 9.84 Å². The molecule has 1 aromatic heterocycles. The van der Waals surface area contributed by atoms with E-state index in [1.807, 2.05) is 36.4 Å². The van der Waals surface area contributed by atoms with Gasteiger partial charge in [0.1, 0.15) is 11.9 Å². The van der Waals surface area contributed by atoms with Crippen molar-refractivity contribution in [2.24, 2.45) is 0 Å². The van der Waals surface area contributed by atoms with Gasteiger partial charge in [-0.25, -0.2) is 4.79 Å². The molecule has 0 aliphatic carbocycles. The minimum atomic E-state index is -1.58. The van der Waals surface area contributed by atoms with Crippen molar-refractivity contribution in [2.75, 3.05) is 19.7 Å².